The summed E-state index contributed by atoms with van der Waals surface area (Å²) >= 11 is 0. The highest BCUT2D eigenvalue weighted by Gasteiger charge is 2.12. The zero-order valence-corrected chi connectivity index (χ0v) is 9.60. The minimum atomic E-state index is 0.148. The standard InChI is InChI=1S/C11H19N3O/c1-4-8(2)10(12)5-9-6-11(15-3)14-7-13-9/h6-8,10H,4-5,12H2,1-3H3. The van der Waals surface area contributed by atoms with E-state index in [1.54, 1.807) is 7.11 Å². The molecule has 0 saturated carbocycles. The molecule has 0 aliphatic rings. The van der Waals surface area contributed by atoms with Gasteiger partial charge in [-0.2, -0.15) is 0 Å². The van der Waals surface area contributed by atoms with Crippen molar-refractivity contribution < 1.29 is 4.74 Å². The first-order valence-corrected chi connectivity index (χ1v) is 5.27. The van der Waals surface area contributed by atoms with Crippen LogP contribution in [0.5, 0.6) is 5.88 Å². The Balaban J connectivity index is 2.63. The smallest absolute Gasteiger partial charge is 0.216 e. The van der Waals surface area contributed by atoms with Crippen LogP contribution in [0.25, 0.3) is 0 Å². The first-order chi connectivity index (χ1) is 7.17. The minimum Gasteiger partial charge on any atom is -0.481 e. The molecule has 0 spiro atoms. The van der Waals surface area contributed by atoms with Gasteiger partial charge in [-0.25, -0.2) is 9.97 Å². The molecule has 0 aromatic carbocycles. The summed E-state index contributed by atoms with van der Waals surface area (Å²) in [6.07, 6.45) is 3.37. The summed E-state index contributed by atoms with van der Waals surface area (Å²) in [5, 5.41) is 0. The molecule has 4 heteroatoms. The van der Waals surface area contributed by atoms with Gasteiger partial charge in [-0.15, -0.1) is 0 Å². The van der Waals surface area contributed by atoms with Crippen molar-refractivity contribution >= 4 is 0 Å². The third kappa shape index (κ3) is 3.47. The zero-order chi connectivity index (χ0) is 11.3. The molecule has 1 aromatic rings. The van der Waals surface area contributed by atoms with Crippen LogP contribution in [-0.2, 0) is 6.42 Å². The lowest BCUT2D eigenvalue weighted by molar-refractivity contribution is 0.393. The van der Waals surface area contributed by atoms with Crippen molar-refractivity contribution in [3.05, 3.63) is 18.1 Å². The van der Waals surface area contributed by atoms with Crippen molar-refractivity contribution in [2.24, 2.45) is 11.7 Å². The van der Waals surface area contributed by atoms with E-state index in [2.05, 4.69) is 23.8 Å². The Labute approximate surface area is 90.9 Å². The molecule has 0 aliphatic heterocycles. The fraction of sp³-hybridized carbons (Fsp3) is 0.636. The van der Waals surface area contributed by atoms with Crippen LogP contribution in [0.15, 0.2) is 12.4 Å². The highest BCUT2D eigenvalue weighted by Crippen LogP contribution is 2.12. The summed E-state index contributed by atoms with van der Waals surface area (Å²) < 4.78 is 5.03. The summed E-state index contributed by atoms with van der Waals surface area (Å²) in [5.41, 5.74) is 6.99. The molecule has 1 aromatic heterocycles. The lowest BCUT2D eigenvalue weighted by Gasteiger charge is -2.17. The first kappa shape index (κ1) is 11.9. The van der Waals surface area contributed by atoms with Gasteiger partial charge in [0, 0.05) is 24.2 Å². The van der Waals surface area contributed by atoms with Crippen molar-refractivity contribution in [2.75, 3.05) is 7.11 Å². The lowest BCUT2D eigenvalue weighted by Crippen LogP contribution is -2.30. The molecule has 84 valence electrons. The number of nitrogens with two attached hydrogens (primary N) is 1. The Morgan fingerprint density at radius 3 is 2.80 bits per heavy atom. The van der Waals surface area contributed by atoms with Gasteiger partial charge in [-0.3, -0.25) is 0 Å². The van der Waals surface area contributed by atoms with Gasteiger partial charge in [-0.1, -0.05) is 20.3 Å². The Morgan fingerprint density at radius 2 is 2.20 bits per heavy atom. The summed E-state index contributed by atoms with van der Waals surface area (Å²) in [7, 11) is 1.60. The number of rotatable bonds is 5. The number of hydrogen-bond donors (Lipinski definition) is 1. The van der Waals surface area contributed by atoms with Crippen molar-refractivity contribution in [1.29, 1.82) is 0 Å². The molecule has 0 radical (unpaired) electrons. The van der Waals surface area contributed by atoms with Crippen LogP contribution >= 0.6 is 0 Å². The molecule has 1 heterocycles. The Hall–Kier alpha value is -1.16. The number of hydrogen-bond acceptors (Lipinski definition) is 4. The van der Waals surface area contributed by atoms with E-state index in [9.17, 15) is 0 Å². The van der Waals surface area contributed by atoms with E-state index in [1.165, 1.54) is 6.33 Å². The molecule has 2 atom stereocenters. The predicted octanol–water partition coefficient (Wildman–Crippen LogP) is 1.40. The average Bonchev–Trinajstić information content (AvgIpc) is 2.28. The Morgan fingerprint density at radius 1 is 1.47 bits per heavy atom. The lowest BCUT2D eigenvalue weighted by atomic mass is 9.96. The summed E-state index contributed by atoms with van der Waals surface area (Å²) in [5.74, 6) is 1.10. The predicted molar refractivity (Wildman–Crippen MR) is 59.7 cm³/mol. The maximum atomic E-state index is 6.05. The van der Waals surface area contributed by atoms with E-state index in [0.717, 1.165) is 18.5 Å². The summed E-state index contributed by atoms with van der Waals surface area (Å²) in [6.45, 7) is 4.30. The molecule has 0 amide bonds. The topological polar surface area (TPSA) is 61.0 Å². The molecule has 0 saturated heterocycles. The summed E-state index contributed by atoms with van der Waals surface area (Å²) in [4.78, 5) is 8.13. The molecular weight excluding hydrogens is 190 g/mol. The van der Waals surface area contributed by atoms with E-state index in [4.69, 9.17) is 10.5 Å². The average molecular weight is 209 g/mol. The van der Waals surface area contributed by atoms with Crippen LogP contribution in [0.2, 0.25) is 0 Å². The maximum Gasteiger partial charge on any atom is 0.216 e. The summed E-state index contributed by atoms with van der Waals surface area (Å²) in [6, 6.07) is 1.98. The van der Waals surface area contributed by atoms with Crippen LogP contribution in [0.1, 0.15) is 26.0 Å². The maximum absolute atomic E-state index is 6.05. The minimum absolute atomic E-state index is 0.148. The van der Waals surface area contributed by atoms with Crippen molar-refractivity contribution in [1.82, 2.24) is 9.97 Å². The fourth-order valence-corrected chi connectivity index (χ4v) is 1.35. The normalized spacial score (nSPS) is 14.7. The number of aromatic nitrogens is 2. The van der Waals surface area contributed by atoms with Gasteiger partial charge in [0.1, 0.15) is 6.33 Å². The number of methoxy groups -OCH3 is 1. The van der Waals surface area contributed by atoms with Gasteiger partial charge < -0.3 is 10.5 Å². The van der Waals surface area contributed by atoms with Gasteiger partial charge >= 0.3 is 0 Å². The first-order valence-electron chi connectivity index (χ1n) is 5.27. The molecule has 15 heavy (non-hydrogen) atoms. The molecular formula is C11H19N3O. The van der Waals surface area contributed by atoms with E-state index >= 15 is 0 Å². The number of nitrogens with zero attached hydrogens (tertiary/aromatic N) is 2. The Bertz CT molecular complexity index is 304. The quantitative estimate of drug-likeness (QED) is 0.796. The van der Waals surface area contributed by atoms with Crippen LogP contribution in [0.3, 0.4) is 0 Å². The molecule has 2 unspecified atom stereocenters. The molecule has 0 fully saturated rings. The molecule has 4 nitrogen and oxygen atoms in total. The van der Waals surface area contributed by atoms with Gasteiger partial charge in [0.05, 0.1) is 7.11 Å². The van der Waals surface area contributed by atoms with Crippen LogP contribution in [0, 0.1) is 5.92 Å². The van der Waals surface area contributed by atoms with Gasteiger partial charge in [0.2, 0.25) is 5.88 Å². The molecule has 1 rings (SSSR count). The van der Waals surface area contributed by atoms with Gasteiger partial charge in [0.15, 0.2) is 0 Å². The van der Waals surface area contributed by atoms with E-state index in [0.29, 0.717) is 11.8 Å². The zero-order valence-electron chi connectivity index (χ0n) is 9.60. The highest BCUT2D eigenvalue weighted by molar-refractivity contribution is 5.14. The van der Waals surface area contributed by atoms with Crippen LogP contribution < -0.4 is 10.5 Å². The largest absolute Gasteiger partial charge is 0.481 e. The SMILES string of the molecule is CCC(C)C(N)Cc1cc(OC)ncn1. The second-order valence-electron chi connectivity index (χ2n) is 3.81. The van der Waals surface area contributed by atoms with E-state index in [-0.39, 0.29) is 6.04 Å². The number of ether oxygens (including phenoxy) is 1. The van der Waals surface area contributed by atoms with E-state index in [1.807, 2.05) is 6.07 Å². The highest BCUT2D eigenvalue weighted by atomic mass is 16.5. The monoisotopic (exact) mass is 209 g/mol. The molecule has 0 bridgehead atoms. The second kappa shape index (κ2) is 5.66. The van der Waals surface area contributed by atoms with Crippen LogP contribution in [0.4, 0.5) is 0 Å². The molecule has 0 aliphatic carbocycles. The molecule has 2 N–H and O–H groups in total. The van der Waals surface area contributed by atoms with Crippen molar-refractivity contribution in [2.45, 2.75) is 32.7 Å². The third-order valence-corrected chi connectivity index (χ3v) is 2.73. The van der Waals surface area contributed by atoms with Crippen molar-refractivity contribution in [3.8, 4) is 5.88 Å². The van der Waals surface area contributed by atoms with Gasteiger partial charge in [-0.05, 0) is 5.92 Å². The Kier molecular flexibility index (Phi) is 4.49. The van der Waals surface area contributed by atoms with Crippen molar-refractivity contribution in [3.63, 3.8) is 0 Å². The van der Waals surface area contributed by atoms with Gasteiger partial charge in [0.25, 0.3) is 0 Å². The third-order valence-electron chi connectivity index (χ3n) is 2.73. The fourth-order valence-electron chi connectivity index (χ4n) is 1.35. The van der Waals surface area contributed by atoms with Crippen LogP contribution in [-0.4, -0.2) is 23.1 Å². The second-order valence-corrected chi connectivity index (χ2v) is 3.81. The van der Waals surface area contributed by atoms with E-state index < -0.39 is 0 Å².